The van der Waals surface area contributed by atoms with Crippen LogP contribution < -0.4 is 0 Å². The highest BCUT2D eigenvalue weighted by Gasteiger charge is 2.23. The van der Waals surface area contributed by atoms with E-state index < -0.39 is 0 Å². The van der Waals surface area contributed by atoms with Crippen LogP contribution in [-0.2, 0) is 6.54 Å². The van der Waals surface area contributed by atoms with Crippen LogP contribution in [0.3, 0.4) is 0 Å². The zero-order valence-corrected chi connectivity index (χ0v) is 17.6. The molecule has 0 saturated carbocycles. The number of benzene rings is 2. The number of carbonyl (C=O) groups excluding carboxylic acids is 1. The van der Waals surface area contributed by atoms with Gasteiger partial charge in [-0.2, -0.15) is 0 Å². The van der Waals surface area contributed by atoms with E-state index in [9.17, 15) is 4.79 Å². The molecule has 0 unspecified atom stereocenters. The molecule has 1 aliphatic heterocycles. The Morgan fingerprint density at radius 1 is 1.00 bits per heavy atom. The summed E-state index contributed by atoms with van der Waals surface area (Å²) in [6, 6.07) is 17.6. The summed E-state index contributed by atoms with van der Waals surface area (Å²) >= 11 is 1.68. The van der Waals surface area contributed by atoms with Crippen molar-refractivity contribution < 1.29 is 4.79 Å². The molecular weight excluding hydrogens is 410 g/mol. The molecule has 31 heavy (non-hydrogen) atoms. The first kappa shape index (κ1) is 19.5. The minimum atomic E-state index is 0.0367. The molecule has 156 valence electrons. The third-order valence-corrected chi connectivity index (χ3v) is 6.26. The number of hydrogen-bond donors (Lipinski definition) is 0. The summed E-state index contributed by atoms with van der Waals surface area (Å²) in [5.41, 5.74) is 3.65. The van der Waals surface area contributed by atoms with Crippen LogP contribution in [0.25, 0.3) is 16.3 Å². The number of thiazole rings is 1. The molecule has 1 amide bonds. The molecule has 5 rings (SSSR count). The number of carbonyl (C=O) groups is 1. The van der Waals surface area contributed by atoms with Crippen LogP contribution in [0.15, 0.2) is 66.3 Å². The van der Waals surface area contributed by atoms with Gasteiger partial charge in [0, 0.05) is 49.2 Å². The van der Waals surface area contributed by atoms with Crippen molar-refractivity contribution in [3.05, 3.63) is 77.6 Å². The van der Waals surface area contributed by atoms with E-state index >= 15 is 0 Å². The Morgan fingerprint density at radius 2 is 1.84 bits per heavy atom. The maximum atomic E-state index is 13.0. The molecule has 0 aliphatic carbocycles. The Hall–Kier alpha value is -3.43. The normalized spacial score (nSPS) is 14.6. The highest BCUT2D eigenvalue weighted by Crippen LogP contribution is 2.24. The fourth-order valence-electron chi connectivity index (χ4n) is 3.67. The van der Waals surface area contributed by atoms with Crippen molar-refractivity contribution in [2.75, 3.05) is 26.2 Å². The molecule has 0 atom stereocenters. The molecule has 0 spiro atoms. The van der Waals surface area contributed by atoms with Gasteiger partial charge in [-0.25, -0.2) is 9.67 Å². The molecule has 1 aliphatic rings. The van der Waals surface area contributed by atoms with Crippen LogP contribution >= 0.6 is 11.3 Å². The van der Waals surface area contributed by atoms with Crippen LogP contribution in [0.4, 0.5) is 0 Å². The van der Waals surface area contributed by atoms with Gasteiger partial charge in [-0.3, -0.25) is 9.69 Å². The van der Waals surface area contributed by atoms with Crippen LogP contribution in [0.2, 0.25) is 0 Å². The molecule has 0 bridgehead atoms. The maximum Gasteiger partial charge on any atom is 0.254 e. The Balaban J connectivity index is 1.19. The highest BCUT2D eigenvalue weighted by molar-refractivity contribution is 7.13. The fraction of sp³-hybridized carbons (Fsp3) is 0.227. The van der Waals surface area contributed by atoms with Gasteiger partial charge in [0.2, 0.25) is 0 Å². The molecule has 8 nitrogen and oxygen atoms in total. The van der Waals surface area contributed by atoms with Gasteiger partial charge in [0.05, 0.1) is 11.4 Å². The summed E-state index contributed by atoms with van der Waals surface area (Å²) in [7, 11) is 0. The minimum absolute atomic E-state index is 0.0367. The van der Waals surface area contributed by atoms with Crippen molar-refractivity contribution >= 4 is 17.2 Å². The Bertz CT molecular complexity index is 1150. The van der Waals surface area contributed by atoms with Gasteiger partial charge in [0.25, 0.3) is 5.91 Å². The zero-order valence-electron chi connectivity index (χ0n) is 16.8. The molecule has 9 heteroatoms. The first-order valence-electron chi connectivity index (χ1n) is 10.1. The van der Waals surface area contributed by atoms with Crippen molar-refractivity contribution in [1.82, 2.24) is 35.0 Å². The molecule has 2 aromatic carbocycles. The average molecular weight is 432 g/mol. The van der Waals surface area contributed by atoms with E-state index in [2.05, 4.69) is 37.9 Å². The lowest BCUT2D eigenvalue weighted by Crippen LogP contribution is -2.48. The molecule has 4 aromatic rings. The van der Waals surface area contributed by atoms with Crippen LogP contribution in [0.5, 0.6) is 0 Å². The quantitative estimate of drug-likeness (QED) is 0.483. The highest BCUT2D eigenvalue weighted by atomic mass is 32.1. The Kier molecular flexibility index (Phi) is 5.51. The third kappa shape index (κ3) is 4.37. The van der Waals surface area contributed by atoms with Gasteiger partial charge < -0.3 is 4.90 Å². The van der Waals surface area contributed by atoms with E-state index in [0.717, 1.165) is 41.6 Å². The third-order valence-electron chi connectivity index (χ3n) is 5.32. The summed E-state index contributed by atoms with van der Waals surface area (Å²) in [4.78, 5) is 22.0. The van der Waals surface area contributed by atoms with E-state index in [4.69, 9.17) is 4.98 Å². The standard InChI is InChI=1S/C22H21N7OS/c30-22(18-7-4-8-20(13-18)29-16-23-25-26-29)28-11-9-27(10-12-28)14-19-15-31-21(24-19)17-5-2-1-3-6-17/h1-8,13,15-16H,9-12,14H2. The number of nitrogens with zero attached hydrogens (tertiary/aromatic N) is 7. The summed E-state index contributed by atoms with van der Waals surface area (Å²) in [6.07, 6.45) is 1.52. The van der Waals surface area contributed by atoms with E-state index in [1.54, 1.807) is 16.0 Å². The molecule has 1 fully saturated rings. The number of piperazine rings is 1. The molecule has 1 saturated heterocycles. The van der Waals surface area contributed by atoms with Gasteiger partial charge in [0.15, 0.2) is 0 Å². The monoisotopic (exact) mass is 431 g/mol. The number of rotatable bonds is 5. The van der Waals surface area contributed by atoms with Crippen molar-refractivity contribution in [3.8, 4) is 16.3 Å². The smallest absolute Gasteiger partial charge is 0.254 e. The lowest BCUT2D eigenvalue weighted by Gasteiger charge is -2.34. The fourth-order valence-corrected chi connectivity index (χ4v) is 4.49. The van der Waals surface area contributed by atoms with Crippen LogP contribution in [-0.4, -0.2) is 67.1 Å². The van der Waals surface area contributed by atoms with Crippen LogP contribution in [0, 0.1) is 0 Å². The number of hydrogen-bond acceptors (Lipinski definition) is 7. The average Bonchev–Trinajstić information content (AvgIpc) is 3.53. The van der Waals surface area contributed by atoms with E-state index in [-0.39, 0.29) is 5.91 Å². The molecular formula is C22H21N7OS. The predicted molar refractivity (Wildman–Crippen MR) is 118 cm³/mol. The van der Waals surface area contributed by atoms with E-state index in [1.165, 1.54) is 6.33 Å². The van der Waals surface area contributed by atoms with E-state index in [1.807, 2.05) is 47.4 Å². The first-order chi connectivity index (χ1) is 15.3. The van der Waals surface area contributed by atoms with E-state index in [0.29, 0.717) is 18.7 Å². The second-order valence-corrected chi connectivity index (χ2v) is 8.24. The van der Waals surface area contributed by atoms with Crippen LogP contribution in [0.1, 0.15) is 16.1 Å². The van der Waals surface area contributed by atoms with Crippen molar-refractivity contribution in [1.29, 1.82) is 0 Å². The predicted octanol–water partition coefficient (Wildman–Crippen LogP) is 2.74. The molecule has 2 aromatic heterocycles. The van der Waals surface area contributed by atoms with Crippen molar-refractivity contribution in [2.45, 2.75) is 6.54 Å². The second-order valence-electron chi connectivity index (χ2n) is 7.38. The number of aromatic nitrogens is 5. The van der Waals surface area contributed by atoms with Gasteiger partial charge >= 0.3 is 0 Å². The Morgan fingerprint density at radius 3 is 2.61 bits per heavy atom. The topological polar surface area (TPSA) is 80.0 Å². The molecule has 0 radical (unpaired) electrons. The lowest BCUT2D eigenvalue weighted by molar-refractivity contribution is 0.0627. The summed E-state index contributed by atoms with van der Waals surface area (Å²) < 4.78 is 1.55. The van der Waals surface area contributed by atoms with Gasteiger partial charge in [0.1, 0.15) is 11.3 Å². The number of amides is 1. The van der Waals surface area contributed by atoms with Gasteiger partial charge in [-0.05, 0) is 28.6 Å². The van der Waals surface area contributed by atoms with Gasteiger partial charge in [-0.1, -0.05) is 36.4 Å². The molecule has 0 N–H and O–H groups in total. The summed E-state index contributed by atoms with van der Waals surface area (Å²) in [5, 5.41) is 14.4. The Labute approximate surface area is 183 Å². The van der Waals surface area contributed by atoms with Crippen molar-refractivity contribution in [3.63, 3.8) is 0 Å². The van der Waals surface area contributed by atoms with Gasteiger partial charge in [-0.15, -0.1) is 16.4 Å². The second kappa shape index (κ2) is 8.75. The largest absolute Gasteiger partial charge is 0.336 e. The summed E-state index contributed by atoms with van der Waals surface area (Å²) in [5.74, 6) is 0.0367. The SMILES string of the molecule is O=C(c1cccc(-n2cnnn2)c1)N1CCN(Cc2csc(-c3ccccc3)n2)CC1. The maximum absolute atomic E-state index is 13.0. The summed E-state index contributed by atoms with van der Waals surface area (Å²) in [6.45, 7) is 3.86. The zero-order chi connectivity index (χ0) is 21.0. The minimum Gasteiger partial charge on any atom is -0.336 e. The molecule has 3 heterocycles. The number of tetrazole rings is 1. The van der Waals surface area contributed by atoms with Crippen molar-refractivity contribution in [2.24, 2.45) is 0 Å². The lowest BCUT2D eigenvalue weighted by atomic mass is 10.1. The first-order valence-corrected chi connectivity index (χ1v) is 11.0.